The number of hydrogen-bond acceptors (Lipinski definition) is 5. The van der Waals surface area contributed by atoms with E-state index < -0.39 is 12.0 Å². The molecule has 8 heteroatoms. The molecule has 0 saturated heterocycles. The summed E-state index contributed by atoms with van der Waals surface area (Å²) in [6.45, 7) is 2.67. The van der Waals surface area contributed by atoms with Gasteiger partial charge in [-0.15, -0.1) is 0 Å². The lowest BCUT2D eigenvalue weighted by atomic mass is 10.3. The van der Waals surface area contributed by atoms with Crippen LogP contribution >= 0.6 is 23.3 Å². The van der Waals surface area contributed by atoms with Gasteiger partial charge in [0.05, 0.1) is 0 Å². The number of nitrogens with zero attached hydrogens (tertiary/aromatic N) is 2. The lowest BCUT2D eigenvalue weighted by molar-refractivity contribution is -0.144. The van der Waals surface area contributed by atoms with Gasteiger partial charge < -0.3 is 5.32 Å². The zero-order valence-electron chi connectivity index (χ0n) is 8.84. The second kappa shape index (κ2) is 5.72. The Morgan fingerprint density at radius 1 is 1.50 bits per heavy atom. The highest BCUT2D eigenvalue weighted by molar-refractivity contribution is 7.99. The van der Waals surface area contributed by atoms with Gasteiger partial charge in [-0.3, -0.25) is 0 Å². The quantitative estimate of drug-likeness (QED) is 0.893. The molecule has 0 aliphatic heterocycles. The van der Waals surface area contributed by atoms with Crippen molar-refractivity contribution in [2.24, 2.45) is 0 Å². The summed E-state index contributed by atoms with van der Waals surface area (Å²) in [6.07, 6.45) is -1.58. The SMILES string of the molecule is CSC(C)CCNc1nc(C(F)(F)F)ns1. The van der Waals surface area contributed by atoms with Crippen LogP contribution in [0, 0.1) is 0 Å². The average Bonchev–Trinajstić information content (AvgIpc) is 2.65. The van der Waals surface area contributed by atoms with Gasteiger partial charge in [0.1, 0.15) is 0 Å². The fourth-order valence-corrected chi connectivity index (χ4v) is 1.88. The summed E-state index contributed by atoms with van der Waals surface area (Å²) < 4.78 is 39.7. The van der Waals surface area contributed by atoms with Crippen molar-refractivity contribution in [3.05, 3.63) is 5.82 Å². The summed E-state index contributed by atoms with van der Waals surface area (Å²) in [6, 6.07) is 0. The normalized spacial score (nSPS) is 13.8. The summed E-state index contributed by atoms with van der Waals surface area (Å²) in [4.78, 5) is 3.37. The first kappa shape index (κ1) is 13.6. The number of hydrogen-bond donors (Lipinski definition) is 1. The topological polar surface area (TPSA) is 37.8 Å². The molecule has 3 nitrogen and oxygen atoms in total. The van der Waals surface area contributed by atoms with Gasteiger partial charge >= 0.3 is 6.18 Å². The van der Waals surface area contributed by atoms with Crippen LogP contribution in [0.15, 0.2) is 0 Å². The molecule has 1 unspecified atom stereocenters. The van der Waals surface area contributed by atoms with Crippen LogP contribution in [0.25, 0.3) is 0 Å². The molecule has 1 heterocycles. The first-order chi connectivity index (χ1) is 7.43. The van der Waals surface area contributed by atoms with Crippen LogP contribution in [0.3, 0.4) is 0 Å². The Morgan fingerprint density at radius 2 is 2.19 bits per heavy atom. The lowest BCUT2D eigenvalue weighted by Crippen LogP contribution is -2.09. The Labute approximate surface area is 100 Å². The Hall–Kier alpha value is -0.500. The fourth-order valence-electron chi connectivity index (χ4n) is 0.911. The Bertz CT molecular complexity index is 327. The number of rotatable bonds is 5. The van der Waals surface area contributed by atoms with Crippen molar-refractivity contribution >= 4 is 28.4 Å². The number of anilines is 1. The molecule has 1 aromatic heterocycles. The van der Waals surface area contributed by atoms with Crippen molar-refractivity contribution < 1.29 is 13.2 Å². The monoisotopic (exact) mass is 271 g/mol. The molecule has 1 N–H and O–H groups in total. The van der Waals surface area contributed by atoms with Gasteiger partial charge in [-0.1, -0.05) is 6.92 Å². The molecule has 0 amide bonds. The first-order valence-corrected chi connectivity index (χ1v) is 6.67. The highest BCUT2D eigenvalue weighted by Gasteiger charge is 2.36. The molecule has 0 fully saturated rings. The minimum absolute atomic E-state index is 0.223. The van der Waals surface area contributed by atoms with E-state index >= 15 is 0 Å². The van der Waals surface area contributed by atoms with E-state index in [-0.39, 0.29) is 5.13 Å². The molecule has 0 spiro atoms. The molecule has 0 aliphatic carbocycles. The number of nitrogens with one attached hydrogen (secondary N) is 1. The van der Waals surface area contributed by atoms with E-state index in [1.165, 1.54) is 0 Å². The van der Waals surface area contributed by atoms with Crippen molar-refractivity contribution in [2.45, 2.75) is 24.8 Å². The molecule has 0 bridgehead atoms. The van der Waals surface area contributed by atoms with Crippen molar-refractivity contribution in [1.82, 2.24) is 9.36 Å². The molecule has 0 radical (unpaired) electrons. The molecule has 92 valence electrons. The zero-order valence-corrected chi connectivity index (χ0v) is 10.5. The van der Waals surface area contributed by atoms with Crippen molar-refractivity contribution in [2.75, 3.05) is 18.1 Å². The van der Waals surface area contributed by atoms with E-state index in [0.29, 0.717) is 11.8 Å². The van der Waals surface area contributed by atoms with Crippen LogP contribution in [-0.2, 0) is 6.18 Å². The number of halogens is 3. The van der Waals surface area contributed by atoms with Gasteiger partial charge in [-0.2, -0.15) is 34.3 Å². The van der Waals surface area contributed by atoms with Gasteiger partial charge in [-0.05, 0) is 12.7 Å². The van der Waals surface area contributed by atoms with E-state index in [2.05, 4.69) is 21.6 Å². The largest absolute Gasteiger partial charge is 0.452 e. The predicted octanol–water partition coefficient (Wildman–Crippen LogP) is 3.11. The van der Waals surface area contributed by atoms with Gasteiger partial charge in [0, 0.05) is 23.3 Å². The van der Waals surface area contributed by atoms with Crippen LogP contribution in [0.2, 0.25) is 0 Å². The second-order valence-corrected chi connectivity index (χ2v) is 5.21. The summed E-state index contributed by atoms with van der Waals surface area (Å²) in [5, 5.41) is 3.53. The van der Waals surface area contributed by atoms with Gasteiger partial charge in [0.25, 0.3) is 0 Å². The zero-order chi connectivity index (χ0) is 12.2. The molecule has 1 atom stereocenters. The third-order valence-corrected chi connectivity index (χ3v) is 3.62. The maximum atomic E-state index is 12.2. The minimum atomic E-state index is -4.46. The highest BCUT2D eigenvalue weighted by Crippen LogP contribution is 2.28. The van der Waals surface area contributed by atoms with Crippen LogP contribution in [0.4, 0.5) is 18.3 Å². The Kier molecular flexibility index (Phi) is 4.85. The Morgan fingerprint density at radius 3 is 2.69 bits per heavy atom. The van der Waals surface area contributed by atoms with E-state index in [0.717, 1.165) is 18.0 Å². The van der Waals surface area contributed by atoms with Crippen molar-refractivity contribution in [1.29, 1.82) is 0 Å². The number of alkyl halides is 3. The number of thioether (sulfide) groups is 1. The van der Waals surface area contributed by atoms with Crippen LogP contribution in [0.5, 0.6) is 0 Å². The predicted molar refractivity (Wildman–Crippen MR) is 61.0 cm³/mol. The van der Waals surface area contributed by atoms with Gasteiger partial charge in [0.2, 0.25) is 11.0 Å². The van der Waals surface area contributed by atoms with E-state index in [9.17, 15) is 13.2 Å². The third-order valence-electron chi connectivity index (χ3n) is 1.91. The molecule has 16 heavy (non-hydrogen) atoms. The minimum Gasteiger partial charge on any atom is -0.360 e. The smallest absolute Gasteiger partial charge is 0.360 e. The molecule has 0 aromatic carbocycles. The summed E-state index contributed by atoms with van der Waals surface area (Å²) in [5.74, 6) is -1.07. The van der Waals surface area contributed by atoms with Crippen molar-refractivity contribution in [3.63, 3.8) is 0 Å². The van der Waals surface area contributed by atoms with E-state index in [1.54, 1.807) is 11.8 Å². The number of aromatic nitrogens is 2. The summed E-state index contributed by atoms with van der Waals surface area (Å²) in [7, 11) is 0. The van der Waals surface area contributed by atoms with Gasteiger partial charge in [0.15, 0.2) is 0 Å². The van der Waals surface area contributed by atoms with Gasteiger partial charge in [-0.25, -0.2) is 0 Å². The van der Waals surface area contributed by atoms with E-state index in [4.69, 9.17) is 0 Å². The second-order valence-electron chi connectivity index (χ2n) is 3.18. The maximum Gasteiger partial charge on any atom is 0.452 e. The molecule has 0 aliphatic rings. The average molecular weight is 271 g/mol. The fraction of sp³-hybridized carbons (Fsp3) is 0.750. The summed E-state index contributed by atoms with van der Waals surface area (Å²) in [5.41, 5.74) is 0. The van der Waals surface area contributed by atoms with Crippen molar-refractivity contribution in [3.8, 4) is 0 Å². The molecule has 1 aromatic rings. The highest BCUT2D eigenvalue weighted by atomic mass is 32.2. The van der Waals surface area contributed by atoms with Crippen LogP contribution in [0.1, 0.15) is 19.2 Å². The maximum absolute atomic E-state index is 12.2. The third kappa shape index (κ3) is 4.17. The van der Waals surface area contributed by atoms with Crippen LogP contribution < -0.4 is 5.32 Å². The summed E-state index contributed by atoms with van der Waals surface area (Å²) >= 11 is 2.45. The van der Waals surface area contributed by atoms with Crippen LogP contribution in [-0.4, -0.2) is 27.4 Å². The molecule has 1 rings (SSSR count). The molecule has 0 saturated carbocycles. The standard InChI is InChI=1S/C8H12F3N3S2/c1-5(15-2)3-4-12-7-13-6(14-16-7)8(9,10)11/h5H,3-4H2,1-2H3,(H,12,13,14). The lowest BCUT2D eigenvalue weighted by Gasteiger charge is -2.07. The van der Waals surface area contributed by atoms with E-state index in [1.807, 2.05) is 6.26 Å². The first-order valence-electron chi connectivity index (χ1n) is 4.61. The molecular formula is C8H12F3N3S2. The molecular weight excluding hydrogens is 259 g/mol. The Balaban J connectivity index is 2.41.